The zero-order valence-corrected chi connectivity index (χ0v) is 12.3. The van der Waals surface area contributed by atoms with Gasteiger partial charge in [0.2, 0.25) is 5.91 Å². The Bertz CT molecular complexity index is 755. The van der Waals surface area contributed by atoms with Crippen LogP contribution in [0.5, 0.6) is 0 Å². The normalized spacial score (nSPS) is 10.5. The first-order valence-electron chi connectivity index (χ1n) is 6.13. The summed E-state index contributed by atoms with van der Waals surface area (Å²) in [5.74, 6) is 0.509. The summed E-state index contributed by atoms with van der Waals surface area (Å²) in [5, 5.41) is 8.92. The smallest absolute Gasteiger partial charge is 0.267 e. The predicted octanol–water partition coefficient (Wildman–Crippen LogP) is 3.63. The van der Waals surface area contributed by atoms with Crippen molar-refractivity contribution in [2.24, 2.45) is 0 Å². The number of amides is 1. The van der Waals surface area contributed by atoms with Gasteiger partial charge in [-0.1, -0.05) is 35.0 Å². The summed E-state index contributed by atoms with van der Waals surface area (Å²) in [4.78, 5) is 17.0. The number of aromatic nitrogens is 2. The maximum Gasteiger partial charge on any atom is 0.267 e. The van der Waals surface area contributed by atoms with Gasteiger partial charge in [-0.05, 0) is 23.6 Å². The van der Waals surface area contributed by atoms with Crippen molar-refractivity contribution < 1.29 is 9.32 Å². The molecule has 0 saturated heterocycles. The van der Waals surface area contributed by atoms with Gasteiger partial charge in [-0.15, -0.1) is 11.3 Å². The number of carbonyl (C=O) groups excluding carboxylic acids is 1. The molecule has 5 nitrogen and oxygen atoms in total. The van der Waals surface area contributed by atoms with Gasteiger partial charge in [0.1, 0.15) is 0 Å². The lowest BCUT2D eigenvalue weighted by atomic mass is 10.3. The third-order valence-electron chi connectivity index (χ3n) is 2.67. The molecule has 0 aliphatic carbocycles. The number of nitrogens with one attached hydrogen (secondary N) is 1. The minimum absolute atomic E-state index is 0.0279. The summed E-state index contributed by atoms with van der Waals surface area (Å²) in [6.07, 6.45) is 0.0279. The van der Waals surface area contributed by atoms with Gasteiger partial charge in [-0.3, -0.25) is 4.79 Å². The van der Waals surface area contributed by atoms with Crippen molar-refractivity contribution in [1.29, 1.82) is 0 Å². The zero-order valence-electron chi connectivity index (χ0n) is 10.7. The second-order valence-electron chi connectivity index (χ2n) is 4.20. The molecule has 0 bridgehead atoms. The molecule has 0 aliphatic heterocycles. The van der Waals surface area contributed by atoms with E-state index in [0.717, 1.165) is 4.88 Å². The predicted molar refractivity (Wildman–Crippen MR) is 81.4 cm³/mol. The number of carbonyl (C=O) groups is 1. The van der Waals surface area contributed by atoms with E-state index in [1.807, 2.05) is 17.5 Å². The molecule has 7 heteroatoms. The molecule has 0 atom stereocenters. The summed E-state index contributed by atoms with van der Waals surface area (Å²) >= 11 is 7.48. The van der Waals surface area contributed by atoms with E-state index in [9.17, 15) is 4.79 Å². The molecule has 1 N–H and O–H groups in total. The second-order valence-corrected chi connectivity index (χ2v) is 5.55. The van der Waals surface area contributed by atoms with Gasteiger partial charge in [0.25, 0.3) is 5.89 Å². The van der Waals surface area contributed by atoms with E-state index in [1.165, 1.54) is 11.3 Å². The Morgan fingerprint density at radius 2 is 2.14 bits per heavy atom. The number of para-hydroxylation sites is 1. The third-order valence-corrected chi connectivity index (χ3v) is 3.85. The van der Waals surface area contributed by atoms with Gasteiger partial charge >= 0.3 is 0 Å². The Balaban J connectivity index is 1.67. The van der Waals surface area contributed by atoms with Crippen LogP contribution < -0.4 is 5.32 Å². The Kier molecular flexibility index (Phi) is 3.98. The van der Waals surface area contributed by atoms with Crippen LogP contribution in [0.25, 0.3) is 10.8 Å². The van der Waals surface area contributed by atoms with Crippen molar-refractivity contribution in [3.63, 3.8) is 0 Å². The standard InChI is InChI=1S/C14H10ClN3O2S/c15-9-4-1-2-5-10(9)16-13(19)8-12-17-14(20-18-12)11-6-3-7-21-11/h1-7H,8H2,(H,16,19). The minimum atomic E-state index is -0.248. The number of hydrogen-bond acceptors (Lipinski definition) is 5. The highest BCUT2D eigenvalue weighted by Crippen LogP contribution is 2.23. The van der Waals surface area contributed by atoms with Crippen molar-refractivity contribution >= 4 is 34.5 Å². The van der Waals surface area contributed by atoms with E-state index in [-0.39, 0.29) is 12.3 Å². The second kappa shape index (κ2) is 6.07. The molecule has 1 amide bonds. The summed E-state index contributed by atoms with van der Waals surface area (Å²) in [7, 11) is 0. The quantitative estimate of drug-likeness (QED) is 0.797. The number of nitrogens with zero attached hydrogens (tertiary/aromatic N) is 2. The fourth-order valence-corrected chi connectivity index (χ4v) is 2.55. The molecule has 21 heavy (non-hydrogen) atoms. The van der Waals surface area contributed by atoms with Gasteiger partial charge < -0.3 is 9.84 Å². The van der Waals surface area contributed by atoms with Crippen LogP contribution in [0.4, 0.5) is 5.69 Å². The number of anilines is 1. The maximum absolute atomic E-state index is 11.9. The van der Waals surface area contributed by atoms with Crippen molar-refractivity contribution in [2.45, 2.75) is 6.42 Å². The summed E-state index contributed by atoms with van der Waals surface area (Å²) in [6, 6.07) is 10.8. The molecule has 0 fully saturated rings. The highest BCUT2D eigenvalue weighted by molar-refractivity contribution is 7.13. The highest BCUT2D eigenvalue weighted by Gasteiger charge is 2.13. The van der Waals surface area contributed by atoms with Crippen LogP contribution in [0.2, 0.25) is 5.02 Å². The van der Waals surface area contributed by atoms with Crippen LogP contribution >= 0.6 is 22.9 Å². The van der Waals surface area contributed by atoms with E-state index in [4.69, 9.17) is 16.1 Å². The Labute approximate surface area is 129 Å². The molecule has 2 aromatic heterocycles. The van der Waals surface area contributed by atoms with Crippen LogP contribution in [0.15, 0.2) is 46.3 Å². The molecule has 0 saturated carbocycles. The van der Waals surface area contributed by atoms with Crippen molar-refractivity contribution in [3.05, 3.63) is 52.6 Å². The van der Waals surface area contributed by atoms with Crippen LogP contribution in [0.3, 0.4) is 0 Å². The first-order chi connectivity index (χ1) is 10.2. The molecule has 0 aliphatic rings. The monoisotopic (exact) mass is 319 g/mol. The van der Waals surface area contributed by atoms with Crippen LogP contribution in [0.1, 0.15) is 5.82 Å². The first kappa shape index (κ1) is 13.8. The average Bonchev–Trinajstić information content (AvgIpc) is 3.12. The minimum Gasteiger partial charge on any atom is -0.333 e. The summed E-state index contributed by atoms with van der Waals surface area (Å²) in [5.41, 5.74) is 0.561. The largest absolute Gasteiger partial charge is 0.333 e. The summed E-state index contributed by atoms with van der Waals surface area (Å²) < 4.78 is 5.13. The number of thiophene rings is 1. The third kappa shape index (κ3) is 3.29. The maximum atomic E-state index is 11.9. The number of rotatable bonds is 4. The molecule has 3 aromatic rings. The van der Waals surface area contributed by atoms with Gasteiger partial charge in [0.05, 0.1) is 22.0 Å². The van der Waals surface area contributed by atoms with Crippen molar-refractivity contribution in [1.82, 2.24) is 10.1 Å². The average molecular weight is 320 g/mol. The van der Waals surface area contributed by atoms with Gasteiger partial charge in [0.15, 0.2) is 5.82 Å². The fraction of sp³-hybridized carbons (Fsp3) is 0.0714. The van der Waals surface area contributed by atoms with Gasteiger partial charge in [-0.2, -0.15) is 4.98 Å². The number of benzene rings is 1. The van der Waals surface area contributed by atoms with E-state index in [0.29, 0.717) is 22.4 Å². The Hall–Kier alpha value is -2.18. The Morgan fingerprint density at radius 1 is 1.29 bits per heavy atom. The van der Waals surface area contributed by atoms with E-state index in [2.05, 4.69) is 15.5 Å². The van der Waals surface area contributed by atoms with Gasteiger partial charge in [-0.25, -0.2) is 0 Å². The van der Waals surface area contributed by atoms with E-state index < -0.39 is 0 Å². The molecular weight excluding hydrogens is 310 g/mol. The molecule has 2 heterocycles. The molecule has 0 radical (unpaired) electrons. The summed E-state index contributed by atoms with van der Waals surface area (Å²) in [6.45, 7) is 0. The van der Waals surface area contributed by atoms with Crippen LogP contribution in [-0.2, 0) is 11.2 Å². The van der Waals surface area contributed by atoms with E-state index >= 15 is 0 Å². The fourth-order valence-electron chi connectivity index (χ4n) is 1.73. The lowest BCUT2D eigenvalue weighted by Gasteiger charge is -2.04. The number of halogens is 1. The lowest BCUT2D eigenvalue weighted by molar-refractivity contribution is -0.115. The van der Waals surface area contributed by atoms with Gasteiger partial charge in [0, 0.05) is 0 Å². The van der Waals surface area contributed by atoms with E-state index in [1.54, 1.807) is 24.3 Å². The SMILES string of the molecule is O=C(Cc1noc(-c2cccs2)n1)Nc1ccccc1Cl. The Morgan fingerprint density at radius 3 is 2.90 bits per heavy atom. The molecule has 0 spiro atoms. The molecular formula is C14H10ClN3O2S. The zero-order chi connectivity index (χ0) is 14.7. The number of hydrogen-bond donors (Lipinski definition) is 1. The van der Waals surface area contributed by atoms with Crippen molar-refractivity contribution in [3.8, 4) is 10.8 Å². The van der Waals surface area contributed by atoms with Crippen LogP contribution in [-0.4, -0.2) is 16.0 Å². The molecule has 106 valence electrons. The molecule has 3 rings (SSSR count). The highest BCUT2D eigenvalue weighted by atomic mass is 35.5. The first-order valence-corrected chi connectivity index (χ1v) is 7.39. The topological polar surface area (TPSA) is 68.0 Å². The lowest BCUT2D eigenvalue weighted by Crippen LogP contribution is -2.15. The van der Waals surface area contributed by atoms with Crippen LogP contribution in [0, 0.1) is 0 Å². The van der Waals surface area contributed by atoms with Crippen molar-refractivity contribution in [2.75, 3.05) is 5.32 Å². The molecule has 0 unspecified atom stereocenters. The molecule has 1 aromatic carbocycles.